The summed E-state index contributed by atoms with van der Waals surface area (Å²) < 4.78 is 5.23. The lowest BCUT2D eigenvalue weighted by Crippen LogP contribution is -2.34. The first-order valence-electron chi connectivity index (χ1n) is 6.27. The lowest BCUT2D eigenvalue weighted by molar-refractivity contribution is -0.121. The summed E-state index contributed by atoms with van der Waals surface area (Å²) in [5.41, 5.74) is 1.79. The predicted molar refractivity (Wildman–Crippen MR) is 68.2 cm³/mol. The average molecular weight is 236 g/mol. The summed E-state index contributed by atoms with van der Waals surface area (Å²) >= 11 is 0. The fraction of sp³-hybridized carbons (Fsp3) is 0.615. The maximum absolute atomic E-state index is 12.1. The molecule has 2 rings (SSSR count). The van der Waals surface area contributed by atoms with Crippen molar-refractivity contribution in [3.63, 3.8) is 0 Å². The van der Waals surface area contributed by atoms with Crippen molar-refractivity contribution in [1.82, 2.24) is 0 Å². The normalized spacial score (nSPS) is 15.1. The van der Waals surface area contributed by atoms with Gasteiger partial charge in [-0.2, -0.15) is 0 Å². The highest BCUT2D eigenvalue weighted by molar-refractivity contribution is 5.97. The maximum Gasteiger partial charge on any atom is 0.229 e. The van der Waals surface area contributed by atoms with Crippen LogP contribution < -0.4 is 10.2 Å². The minimum absolute atomic E-state index is 0.00127. The largest absolute Gasteiger partial charge is 0.468 e. The number of furan rings is 1. The Bertz CT molecular complexity index is 394. The number of carbonyl (C=O) groups is 1. The smallest absolute Gasteiger partial charge is 0.229 e. The number of nitrogens with zero attached hydrogens (tertiary/aromatic N) is 1. The van der Waals surface area contributed by atoms with E-state index in [9.17, 15) is 4.79 Å². The third kappa shape index (κ3) is 2.62. The molecule has 1 heterocycles. The Hall–Kier alpha value is -1.45. The van der Waals surface area contributed by atoms with Gasteiger partial charge in [0.25, 0.3) is 0 Å². The summed E-state index contributed by atoms with van der Waals surface area (Å²) in [6.45, 7) is 6.47. The van der Waals surface area contributed by atoms with E-state index in [1.54, 1.807) is 17.4 Å². The van der Waals surface area contributed by atoms with E-state index in [0.29, 0.717) is 12.6 Å². The number of hydrogen-bond acceptors (Lipinski definition) is 3. The zero-order chi connectivity index (χ0) is 12.4. The molecule has 0 spiro atoms. The van der Waals surface area contributed by atoms with Crippen LogP contribution in [0.4, 0.5) is 11.4 Å². The minimum atomic E-state index is -0.00127. The van der Waals surface area contributed by atoms with Crippen molar-refractivity contribution < 1.29 is 9.21 Å². The summed E-state index contributed by atoms with van der Waals surface area (Å²) in [4.78, 5) is 13.9. The van der Waals surface area contributed by atoms with Gasteiger partial charge in [-0.1, -0.05) is 13.8 Å². The van der Waals surface area contributed by atoms with Crippen LogP contribution in [0.25, 0.3) is 0 Å². The van der Waals surface area contributed by atoms with Crippen LogP contribution in [0.5, 0.6) is 0 Å². The molecule has 1 fully saturated rings. The first-order valence-corrected chi connectivity index (χ1v) is 6.27. The van der Waals surface area contributed by atoms with Crippen molar-refractivity contribution in [2.45, 2.75) is 39.7 Å². The number of amides is 1. The fourth-order valence-corrected chi connectivity index (χ4v) is 1.81. The maximum atomic E-state index is 12.1. The third-order valence-electron chi connectivity index (χ3n) is 2.95. The molecule has 0 unspecified atom stereocenters. The van der Waals surface area contributed by atoms with Gasteiger partial charge in [-0.25, -0.2) is 0 Å². The second kappa shape index (κ2) is 4.82. The van der Waals surface area contributed by atoms with E-state index >= 15 is 0 Å². The topological polar surface area (TPSA) is 45.5 Å². The van der Waals surface area contributed by atoms with Crippen LogP contribution in [0.1, 0.15) is 33.6 Å². The van der Waals surface area contributed by atoms with Gasteiger partial charge in [0.1, 0.15) is 18.2 Å². The molecule has 0 atom stereocenters. The van der Waals surface area contributed by atoms with Crippen molar-refractivity contribution in [1.29, 1.82) is 0 Å². The molecule has 94 valence electrons. The average Bonchev–Trinajstić information content (AvgIpc) is 2.99. The van der Waals surface area contributed by atoms with Crippen molar-refractivity contribution >= 4 is 17.3 Å². The third-order valence-corrected chi connectivity index (χ3v) is 2.95. The SMILES string of the molecule is CCN(C(=O)C(C)C)c1cocc1NC1CC1. The molecule has 1 aliphatic rings. The van der Waals surface area contributed by atoms with Gasteiger partial charge < -0.3 is 14.6 Å². The van der Waals surface area contributed by atoms with Gasteiger partial charge in [0.2, 0.25) is 5.91 Å². The lowest BCUT2D eigenvalue weighted by atomic mass is 10.2. The van der Waals surface area contributed by atoms with Crippen LogP contribution in [0.3, 0.4) is 0 Å². The van der Waals surface area contributed by atoms with Gasteiger partial charge in [0.15, 0.2) is 0 Å². The van der Waals surface area contributed by atoms with E-state index in [0.717, 1.165) is 11.4 Å². The number of nitrogens with one attached hydrogen (secondary N) is 1. The van der Waals surface area contributed by atoms with Crippen LogP contribution in [0.15, 0.2) is 16.9 Å². The summed E-state index contributed by atoms with van der Waals surface area (Å²) in [6, 6.07) is 0.555. The quantitative estimate of drug-likeness (QED) is 0.855. The molecule has 1 aliphatic carbocycles. The van der Waals surface area contributed by atoms with Gasteiger partial charge in [-0.15, -0.1) is 0 Å². The first-order chi connectivity index (χ1) is 8.13. The van der Waals surface area contributed by atoms with Crippen LogP contribution in [0.2, 0.25) is 0 Å². The van der Waals surface area contributed by atoms with Crippen LogP contribution in [-0.2, 0) is 4.79 Å². The number of carbonyl (C=O) groups excluding carboxylic acids is 1. The molecule has 0 saturated heterocycles. The Kier molecular flexibility index (Phi) is 3.41. The molecular formula is C13H20N2O2. The summed E-state index contributed by atoms with van der Waals surface area (Å²) in [6.07, 6.45) is 5.74. The minimum Gasteiger partial charge on any atom is -0.468 e. The second-order valence-corrected chi connectivity index (χ2v) is 4.83. The Balaban J connectivity index is 2.17. The standard InChI is InChI=1S/C13H20N2O2/c1-4-15(13(16)9(2)3)12-8-17-7-11(12)14-10-5-6-10/h7-10,14H,4-6H2,1-3H3. The summed E-state index contributed by atoms with van der Waals surface area (Å²) in [7, 11) is 0. The monoisotopic (exact) mass is 236 g/mol. The van der Waals surface area contributed by atoms with E-state index in [-0.39, 0.29) is 11.8 Å². The Morgan fingerprint density at radius 3 is 2.76 bits per heavy atom. The van der Waals surface area contributed by atoms with Gasteiger partial charge in [-0.3, -0.25) is 4.79 Å². The molecule has 4 nitrogen and oxygen atoms in total. The molecule has 1 aromatic rings. The predicted octanol–water partition coefficient (Wildman–Crippen LogP) is 2.86. The molecule has 0 aromatic carbocycles. The van der Waals surface area contributed by atoms with Crippen LogP contribution in [0, 0.1) is 5.92 Å². The zero-order valence-electron chi connectivity index (χ0n) is 10.7. The molecule has 1 aromatic heterocycles. The van der Waals surface area contributed by atoms with Gasteiger partial charge in [-0.05, 0) is 19.8 Å². The molecule has 1 N–H and O–H groups in total. The molecule has 0 bridgehead atoms. The summed E-state index contributed by atoms with van der Waals surface area (Å²) in [5, 5.41) is 3.39. The zero-order valence-corrected chi connectivity index (χ0v) is 10.7. The number of hydrogen-bond donors (Lipinski definition) is 1. The molecule has 17 heavy (non-hydrogen) atoms. The number of rotatable bonds is 5. The molecule has 4 heteroatoms. The fourth-order valence-electron chi connectivity index (χ4n) is 1.81. The Morgan fingerprint density at radius 1 is 1.53 bits per heavy atom. The van der Waals surface area contributed by atoms with Crippen molar-refractivity contribution in [2.24, 2.45) is 5.92 Å². The Labute approximate surface area is 102 Å². The Morgan fingerprint density at radius 2 is 2.24 bits per heavy atom. The molecule has 0 aliphatic heterocycles. The second-order valence-electron chi connectivity index (χ2n) is 4.83. The summed E-state index contributed by atoms with van der Waals surface area (Å²) in [5.74, 6) is 0.131. The highest BCUT2D eigenvalue weighted by atomic mass is 16.3. The molecule has 0 radical (unpaired) electrons. The van der Waals surface area contributed by atoms with Crippen molar-refractivity contribution in [2.75, 3.05) is 16.8 Å². The van der Waals surface area contributed by atoms with Gasteiger partial charge in [0.05, 0.1) is 5.69 Å². The highest BCUT2D eigenvalue weighted by Gasteiger charge is 2.26. The number of anilines is 2. The van der Waals surface area contributed by atoms with E-state index in [4.69, 9.17) is 4.42 Å². The van der Waals surface area contributed by atoms with Crippen LogP contribution in [-0.4, -0.2) is 18.5 Å². The highest BCUT2D eigenvalue weighted by Crippen LogP contribution is 2.33. The van der Waals surface area contributed by atoms with E-state index in [2.05, 4.69) is 5.32 Å². The van der Waals surface area contributed by atoms with Gasteiger partial charge in [0, 0.05) is 18.5 Å². The lowest BCUT2D eigenvalue weighted by Gasteiger charge is -2.22. The molecular weight excluding hydrogens is 216 g/mol. The van der Waals surface area contributed by atoms with E-state index in [1.165, 1.54) is 12.8 Å². The van der Waals surface area contributed by atoms with E-state index < -0.39 is 0 Å². The van der Waals surface area contributed by atoms with Gasteiger partial charge >= 0.3 is 0 Å². The molecule has 1 amide bonds. The first kappa shape index (κ1) is 12.0. The van der Waals surface area contributed by atoms with Crippen LogP contribution >= 0.6 is 0 Å². The van der Waals surface area contributed by atoms with Crippen molar-refractivity contribution in [3.05, 3.63) is 12.5 Å². The van der Waals surface area contributed by atoms with Crippen molar-refractivity contribution in [3.8, 4) is 0 Å². The molecule has 1 saturated carbocycles. The van der Waals surface area contributed by atoms with E-state index in [1.807, 2.05) is 20.8 Å².